The number of H-pyrrole nitrogens is 1. The van der Waals surface area contributed by atoms with Gasteiger partial charge in [-0.25, -0.2) is 9.37 Å². The van der Waals surface area contributed by atoms with E-state index in [0.717, 1.165) is 16.5 Å². The van der Waals surface area contributed by atoms with Gasteiger partial charge in [-0.15, -0.1) is 0 Å². The third-order valence-electron chi connectivity index (χ3n) is 3.34. The van der Waals surface area contributed by atoms with Crippen LogP contribution in [0.2, 0.25) is 0 Å². The van der Waals surface area contributed by atoms with Crippen LogP contribution in [-0.4, -0.2) is 27.6 Å². The molecule has 0 aliphatic rings. The second-order valence-corrected chi connectivity index (χ2v) is 4.89. The van der Waals surface area contributed by atoms with Crippen LogP contribution in [0.25, 0.3) is 10.9 Å². The van der Waals surface area contributed by atoms with Gasteiger partial charge in [-0.05, 0) is 23.8 Å². The standard InChI is InChI=1S/C15H14FN5O/c16-11-3-1-9(2-4-11)12(17)7-19-15(22)13-5-10-6-20-21-14(10)8-18-13/h1-6,8,12H,7,17H2,(H,19,22)(H,20,21). The number of nitrogens with one attached hydrogen (secondary N) is 2. The minimum atomic E-state index is -0.415. The van der Waals surface area contributed by atoms with Crippen molar-refractivity contribution in [2.24, 2.45) is 5.73 Å². The van der Waals surface area contributed by atoms with Crippen molar-refractivity contribution < 1.29 is 9.18 Å². The predicted molar refractivity (Wildman–Crippen MR) is 79.6 cm³/mol. The molecule has 1 unspecified atom stereocenters. The lowest BCUT2D eigenvalue weighted by Gasteiger charge is -2.13. The predicted octanol–water partition coefficient (Wildman–Crippen LogP) is 1.53. The van der Waals surface area contributed by atoms with E-state index in [1.807, 2.05) is 0 Å². The molecular formula is C15H14FN5O. The minimum absolute atomic E-state index is 0.232. The van der Waals surface area contributed by atoms with Gasteiger partial charge < -0.3 is 11.1 Å². The zero-order valence-electron chi connectivity index (χ0n) is 11.6. The molecule has 0 bridgehead atoms. The third-order valence-corrected chi connectivity index (χ3v) is 3.34. The Morgan fingerprint density at radius 1 is 1.32 bits per heavy atom. The summed E-state index contributed by atoms with van der Waals surface area (Å²) in [7, 11) is 0. The van der Waals surface area contributed by atoms with E-state index in [1.54, 1.807) is 30.6 Å². The van der Waals surface area contributed by atoms with Crippen LogP contribution in [-0.2, 0) is 0 Å². The lowest BCUT2D eigenvalue weighted by molar-refractivity contribution is 0.0946. The molecule has 0 saturated heterocycles. The summed E-state index contributed by atoms with van der Waals surface area (Å²) < 4.78 is 12.9. The molecular weight excluding hydrogens is 285 g/mol. The van der Waals surface area contributed by atoms with Gasteiger partial charge in [0.1, 0.15) is 11.5 Å². The van der Waals surface area contributed by atoms with Crippen molar-refractivity contribution in [3.63, 3.8) is 0 Å². The van der Waals surface area contributed by atoms with Crippen molar-refractivity contribution in [1.29, 1.82) is 0 Å². The van der Waals surface area contributed by atoms with Crippen LogP contribution in [0.3, 0.4) is 0 Å². The molecule has 1 amide bonds. The van der Waals surface area contributed by atoms with E-state index in [2.05, 4.69) is 20.5 Å². The minimum Gasteiger partial charge on any atom is -0.349 e. The lowest BCUT2D eigenvalue weighted by atomic mass is 10.1. The second kappa shape index (κ2) is 5.90. The third kappa shape index (κ3) is 2.94. The van der Waals surface area contributed by atoms with E-state index < -0.39 is 6.04 Å². The van der Waals surface area contributed by atoms with Gasteiger partial charge >= 0.3 is 0 Å². The monoisotopic (exact) mass is 299 g/mol. The molecule has 1 aromatic carbocycles. The van der Waals surface area contributed by atoms with E-state index in [4.69, 9.17) is 5.73 Å². The highest BCUT2D eigenvalue weighted by molar-refractivity contribution is 5.95. The van der Waals surface area contributed by atoms with Gasteiger partial charge in [0.2, 0.25) is 0 Å². The molecule has 2 aromatic heterocycles. The summed E-state index contributed by atoms with van der Waals surface area (Å²) in [5.41, 5.74) is 7.78. The number of hydrogen-bond donors (Lipinski definition) is 3. The van der Waals surface area contributed by atoms with E-state index in [-0.39, 0.29) is 18.3 Å². The first-order valence-corrected chi connectivity index (χ1v) is 6.72. The van der Waals surface area contributed by atoms with Crippen LogP contribution < -0.4 is 11.1 Å². The summed E-state index contributed by atoms with van der Waals surface area (Å²) in [5.74, 6) is -0.640. The van der Waals surface area contributed by atoms with Gasteiger partial charge in [0.05, 0.1) is 17.9 Å². The van der Waals surface area contributed by atoms with Gasteiger partial charge in [-0.2, -0.15) is 5.10 Å². The number of fused-ring (bicyclic) bond motifs is 1. The summed E-state index contributed by atoms with van der Waals surface area (Å²) >= 11 is 0. The fourth-order valence-corrected chi connectivity index (χ4v) is 2.09. The Hall–Kier alpha value is -2.80. The molecule has 1 atom stereocenters. The Kier molecular flexibility index (Phi) is 3.80. The fraction of sp³-hybridized carbons (Fsp3) is 0.133. The zero-order valence-corrected chi connectivity index (χ0v) is 11.6. The van der Waals surface area contributed by atoms with Crippen LogP contribution in [0.15, 0.2) is 42.7 Å². The Morgan fingerprint density at radius 3 is 2.86 bits per heavy atom. The second-order valence-electron chi connectivity index (χ2n) is 4.89. The normalized spacial score (nSPS) is 12.3. The summed E-state index contributed by atoms with van der Waals surface area (Å²) in [5, 5.41) is 10.2. The first-order valence-electron chi connectivity index (χ1n) is 6.72. The van der Waals surface area contributed by atoms with Crippen molar-refractivity contribution in [3.05, 3.63) is 59.8 Å². The van der Waals surface area contributed by atoms with Crippen molar-refractivity contribution in [3.8, 4) is 0 Å². The van der Waals surface area contributed by atoms with Crippen LogP contribution in [0.1, 0.15) is 22.1 Å². The number of hydrogen-bond acceptors (Lipinski definition) is 4. The van der Waals surface area contributed by atoms with Crippen LogP contribution >= 0.6 is 0 Å². The summed E-state index contributed by atoms with van der Waals surface area (Å²) in [6.07, 6.45) is 3.18. The molecule has 6 nitrogen and oxygen atoms in total. The van der Waals surface area contributed by atoms with E-state index >= 15 is 0 Å². The quantitative estimate of drug-likeness (QED) is 0.680. The number of aromatic amines is 1. The SMILES string of the molecule is NC(CNC(=O)c1cc2cn[nH]c2cn1)c1ccc(F)cc1. The number of carbonyl (C=O) groups excluding carboxylic acids is 1. The van der Waals surface area contributed by atoms with Gasteiger partial charge in [0.25, 0.3) is 5.91 Å². The van der Waals surface area contributed by atoms with Gasteiger partial charge in [0.15, 0.2) is 0 Å². The maximum atomic E-state index is 12.9. The highest BCUT2D eigenvalue weighted by Crippen LogP contribution is 2.12. The zero-order chi connectivity index (χ0) is 15.5. The Labute approximate surface area is 125 Å². The van der Waals surface area contributed by atoms with Crippen molar-refractivity contribution in [1.82, 2.24) is 20.5 Å². The molecule has 7 heteroatoms. The molecule has 0 fully saturated rings. The molecule has 112 valence electrons. The van der Waals surface area contributed by atoms with Crippen LogP contribution in [0.4, 0.5) is 4.39 Å². The molecule has 2 heterocycles. The smallest absolute Gasteiger partial charge is 0.269 e. The summed E-state index contributed by atoms with van der Waals surface area (Å²) in [4.78, 5) is 16.1. The Balaban J connectivity index is 1.65. The Morgan fingerprint density at radius 2 is 2.09 bits per heavy atom. The lowest BCUT2D eigenvalue weighted by Crippen LogP contribution is -2.32. The summed E-state index contributed by atoms with van der Waals surface area (Å²) in [6.45, 7) is 0.232. The van der Waals surface area contributed by atoms with Crippen molar-refractivity contribution in [2.45, 2.75) is 6.04 Å². The van der Waals surface area contributed by atoms with Gasteiger partial charge in [-0.3, -0.25) is 9.89 Å². The molecule has 0 aliphatic carbocycles. The number of rotatable bonds is 4. The molecule has 0 saturated carbocycles. The van der Waals surface area contributed by atoms with Crippen LogP contribution in [0, 0.1) is 5.82 Å². The highest BCUT2D eigenvalue weighted by Gasteiger charge is 2.12. The number of amides is 1. The largest absolute Gasteiger partial charge is 0.349 e. The van der Waals surface area contributed by atoms with E-state index in [0.29, 0.717) is 5.69 Å². The summed E-state index contributed by atoms with van der Waals surface area (Å²) in [6, 6.07) is 7.11. The number of aromatic nitrogens is 3. The molecule has 3 aromatic rings. The fourth-order valence-electron chi connectivity index (χ4n) is 2.09. The Bertz CT molecular complexity index is 799. The number of benzene rings is 1. The molecule has 0 radical (unpaired) electrons. The molecule has 0 aliphatic heterocycles. The topological polar surface area (TPSA) is 96.7 Å². The van der Waals surface area contributed by atoms with Gasteiger partial charge in [-0.1, -0.05) is 12.1 Å². The molecule has 0 spiro atoms. The van der Waals surface area contributed by atoms with Crippen molar-refractivity contribution >= 4 is 16.8 Å². The highest BCUT2D eigenvalue weighted by atomic mass is 19.1. The van der Waals surface area contributed by atoms with Crippen molar-refractivity contribution in [2.75, 3.05) is 6.54 Å². The average molecular weight is 299 g/mol. The number of nitrogens with zero attached hydrogens (tertiary/aromatic N) is 2. The van der Waals surface area contributed by atoms with Gasteiger partial charge in [0, 0.05) is 18.0 Å². The maximum Gasteiger partial charge on any atom is 0.269 e. The number of nitrogens with two attached hydrogens (primary N) is 1. The first kappa shape index (κ1) is 14.2. The molecule has 3 rings (SSSR count). The first-order chi connectivity index (χ1) is 10.6. The number of pyridine rings is 1. The number of carbonyl (C=O) groups is 1. The van der Waals surface area contributed by atoms with E-state index in [1.165, 1.54) is 12.1 Å². The molecule has 4 N–H and O–H groups in total. The van der Waals surface area contributed by atoms with Crippen LogP contribution in [0.5, 0.6) is 0 Å². The molecule has 22 heavy (non-hydrogen) atoms. The van der Waals surface area contributed by atoms with E-state index in [9.17, 15) is 9.18 Å². The number of halogens is 1. The average Bonchev–Trinajstić information content (AvgIpc) is 3.00. The maximum absolute atomic E-state index is 12.9.